The first-order valence-corrected chi connectivity index (χ1v) is 14.4. The number of benzene rings is 1. The molecule has 5 rings (SSSR count). The van der Waals surface area contributed by atoms with Crippen molar-refractivity contribution in [3.63, 3.8) is 0 Å². The fraction of sp³-hybridized carbons (Fsp3) is 0.613. The van der Waals surface area contributed by atoms with Gasteiger partial charge in [0.1, 0.15) is 5.75 Å². The number of amides is 1. The minimum atomic E-state index is -0.110. The van der Waals surface area contributed by atoms with Gasteiger partial charge in [-0.05, 0) is 79.7 Å². The molecule has 1 saturated carbocycles. The maximum atomic E-state index is 12.7. The second kappa shape index (κ2) is 12.1. The second-order valence-electron chi connectivity index (χ2n) is 13.1. The highest BCUT2D eigenvalue weighted by Crippen LogP contribution is 2.53. The van der Waals surface area contributed by atoms with Crippen molar-refractivity contribution < 1.29 is 15.0 Å². The fourth-order valence-electron chi connectivity index (χ4n) is 6.80. The van der Waals surface area contributed by atoms with Crippen LogP contribution in [0.1, 0.15) is 74.9 Å². The number of likely N-dealkylation sites (tertiary alicyclic amines) is 1. The average Bonchev–Trinajstić information content (AvgIpc) is 2.89. The van der Waals surface area contributed by atoms with Crippen LogP contribution >= 0.6 is 0 Å². The zero-order valence-corrected chi connectivity index (χ0v) is 24.5. The van der Waals surface area contributed by atoms with E-state index in [9.17, 15) is 9.90 Å². The van der Waals surface area contributed by atoms with Crippen molar-refractivity contribution in [2.24, 2.45) is 16.7 Å². The molecule has 3 aliphatic rings. The Labute approximate surface area is 238 Å². The van der Waals surface area contributed by atoms with E-state index in [1.165, 1.54) is 12.5 Å². The molecule has 1 aliphatic carbocycles. The summed E-state index contributed by atoms with van der Waals surface area (Å²) in [5.41, 5.74) is 2.20. The number of nitrogens with zero attached hydrogens (tertiary/aromatic N) is 5. The Morgan fingerprint density at radius 3 is 2.27 bits per heavy atom. The van der Waals surface area contributed by atoms with Gasteiger partial charge < -0.3 is 20.4 Å². The smallest absolute Gasteiger partial charge is 0.254 e. The number of aromatic nitrogens is 2. The summed E-state index contributed by atoms with van der Waals surface area (Å²) in [5.74, 6) is 1.58. The van der Waals surface area contributed by atoms with E-state index in [1.807, 2.05) is 6.07 Å². The third-order valence-electron chi connectivity index (χ3n) is 8.67. The molecule has 216 valence electrons. The van der Waals surface area contributed by atoms with E-state index in [1.54, 1.807) is 31.5 Å². The van der Waals surface area contributed by atoms with Crippen molar-refractivity contribution in [3.8, 4) is 11.8 Å². The van der Waals surface area contributed by atoms with Crippen LogP contribution in [0.4, 0.5) is 5.95 Å². The first-order valence-electron chi connectivity index (χ1n) is 14.4. The lowest BCUT2D eigenvalue weighted by Gasteiger charge is -2.57. The maximum absolute atomic E-state index is 12.7. The molecule has 9 nitrogen and oxygen atoms in total. The van der Waals surface area contributed by atoms with Crippen molar-refractivity contribution in [1.29, 1.82) is 5.26 Å². The van der Waals surface area contributed by atoms with E-state index in [2.05, 4.69) is 52.8 Å². The van der Waals surface area contributed by atoms with Crippen molar-refractivity contribution in [2.75, 3.05) is 37.6 Å². The van der Waals surface area contributed by atoms with Crippen molar-refractivity contribution in [2.45, 2.75) is 72.4 Å². The Morgan fingerprint density at radius 1 is 1.12 bits per heavy atom. The van der Waals surface area contributed by atoms with E-state index in [4.69, 9.17) is 10.4 Å². The fourth-order valence-corrected chi connectivity index (χ4v) is 6.80. The van der Waals surface area contributed by atoms with Gasteiger partial charge >= 0.3 is 0 Å². The number of carbonyl (C=O) groups is 1. The molecule has 3 fully saturated rings. The Bertz CT molecular complexity index is 1190. The molecule has 0 atom stereocenters. The number of β-amino-alcohol motifs (C(OH)–C–C–N with tert-alkyl or cyclic N) is 1. The summed E-state index contributed by atoms with van der Waals surface area (Å²) in [6.07, 6.45) is 7.82. The van der Waals surface area contributed by atoms with Crippen molar-refractivity contribution >= 4 is 11.9 Å². The van der Waals surface area contributed by atoms with Gasteiger partial charge in [0.15, 0.2) is 0 Å². The first-order chi connectivity index (χ1) is 18.9. The third-order valence-corrected chi connectivity index (χ3v) is 8.67. The molecule has 40 heavy (non-hydrogen) atoms. The van der Waals surface area contributed by atoms with Gasteiger partial charge in [0, 0.05) is 44.6 Å². The standard InChI is InChI=1S/C23H37N5O2.C8H7NO/c1-22(2)15-23(3,4)20(22)26-19(30)17-11-24-21(25-12-17)28-9-6-16(7-10-28)5-8-27-13-18(29)14-27;1-6-4-8(10)3-2-7(6)5-9/h11-12,16,18,20,29H,5-10,13-15H2,1-4H3,(H,26,30);2-4,10H,1H3. The number of hydrogen-bond acceptors (Lipinski definition) is 8. The molecule has 2 saturated heterocycles. The number of aromatic hydroxyl groups is 1. The summed E-state index contributed by atoms with van der Waals surface area (Å²) in [6.45, 7) is 15.3. The van der Waals surface area contributed by atoms with Crippen LogP contribution in [0, 0.1) is 35.0 Å². The quantitative estimate of drug-likeness (QED) is 0.497. The normalized spacial score (nSPS) is 20.9. The molecule has 2 aromatic rings. The minimum Gasteiger partial charge on any atom is -0.508 e. The number of nitriles is 1. The lowest BCUT2D eigenvalue weighted by molar-refractivity contribution is -0.0366. The molecule has 9 heteroatoms. The van der Waals surface area contributed by atoms with Gasteiger partial charge in [-0.15, -0.1) is 0 Å². The molecular formula is C31H44N6O3. The highest BCUT2D eigenvalue weighted by Gasteiger charge is 2.53. The highest BCUT2D eigenvalue weighted by molar-refractivity contribution is 5.94. The Balaban J connectivity index is 0.000000312. The van der Waals surface area contributed by atoms with Crippen LogP contribution in [0.2, 0.25) is 0 Å². The predicted octanol–water partition coefficient (Wildman–Crippen LogP) is 3.89. The van der Waals surface area contributed by atoms with Crippen molar-refractivity contribution in [3.05, 3.63) is 47.3 Å². The highest BCUT2D eigenvalue weighted by atomic mass is 16.3. The van der Waals surface area contributed by atoms with Gasteiger partial charge in [0.05, 0.1) is 23.3 Å². The summed E-state index contributed by atoms with van der Waals surface area (Å²) in [7, 11) is 0. The van der Waals surface area contributed by atoms with E-state index < -0.39 is 0 Å². The summed E-state index contributed by atoms with van der Waals surface area (Å²) < 4.78 is 0. The van der Waals surface area contributed by atoms with Crippen LogP contribution in [0.15, 0.2) is 30.6 Å². The zero-order valence-electron chi connectivity index (χ0n) is 24.5. The van der Waals surface area contributed by atoms with Crippen LogP contribution in [0.5, 0.6) is 5.75 Å². The third kappa shape index (κ3) is 7.10. The number of hydrogen-bond donors (Lipinski definition) is 3. The Morgan fingerprint density at radius 2 is 1.75 bits per heavy atom. The number of phenols is 1. The van der Waals surface area contributed by atoms with Gasteiger partial charge in [-0.1, -0.05) is 27.7 Å². The minimum absolute atomic E-state index is 0.0813. The van der Waals surface area contributed by atoms with Crippen molar-refractivity contribution in [1.82, 2.24) is 20.2 Å². The molecule has 3 N–H and O–H groups in total. The molecule has 3 heterocycles. The van der Waals surface area contributed by atoms with Gasteiger partial charge in [-0.2, -0.15) is 5.26 Å². The molecule has 1 aromatic carbocycles. The molecular weight excluding hydrogens is 504 g/mol. The number of phenolic OH excluding ortho intramolecular Hbond substituents is 1. The van der Waals surface area contributed by atoms with E-state index in [0.29, 0.717) is 11.1 Å². The average molecular weight is 549 g/mol. The number of piperidine rings is 1. The van der Waals surface area contributed by atoms with Crippen LogP contribution in [0.3, 0.4) is 0 Å². The maximum Gasteiger partial charge on any atom is 0.254 e. The van der Waals surface area contributed by atoms with Gasteiger partial charge in [-0.3, -0.25) is 9.69 Å². The number of anilines is 1. The Kier molecular flexibility index (Phi) is 9.01. The van der Waals surface area contributed by atoms with E-state index in [0.717, 1.165) is 69.4 Å². The summed E-state index contributed by atoms with van der Waals surface area (Å²) in [5, 5.41) is 30.0. The number of carbonyl (C=O) groups excluding carboxylic acids is 1. The molecule has 1 amide bonds. The number of aliphatic hydroxyl groups excluding tert-OH is 1. The van der Waals surface area contributed by atoms with Crippen LogP contribution < -0.4 is 10.2 Å². The molecule has 0 bridgehead atoms. The molecule has 0 spiro atoms. The summed E-state index contributed by atoms with van der Waals surface area (Å²) >= 11 is 0. The molecule has 2 aliphatic heterocycles. The lowest BCUT2D eigenvalue weighted by atomic mass is 9.52. The van der Waals surface area contributed by atoms with Gasteiger partial charge in [0.25, 0.3) is 5.91 Å². The monoisotopic (exact) mass is 548 g/mol. The van der Waals surface area contributed by atoms with E-state index >= 15 is 0 Å². The lowest BCUT2D eigenvalue weighted by Crippen LogP contribution is -2.63. The SMILES string of the molecule is CC1(C)CC(C)(C)C1NC(=O)c1cnc(N2CCC(CCN3CC(O)C3)CC2)nc1.Cc1cc(O)ccc1C#N. The summed E-state index contributed by atoms with van der Waals surface area (Å²) in [6, 6.07) is 6.85. The van der Waals surface area contributed by atoms with E-state index in [-0.39, 0.29) is 34.6 Å². The molecule has 0 radical (unpaired) electrons. The number of aliphatic hydroxyl groups is 1. The second-order valence-corrected chi connectivity index (χ2v) is 13.1. The molecule has 0 unspecified atom stereocenters. The number of rotatable bonds is 6. The first kappa shape index (κ1) is 29.8. The van der Waals surface area contributed by atoms with Crippen LogP contribution in [-0.4, -0.2) is 75.9 Å². The predicted molar refractivity (Wildman–Crippen MR) is 155 cm³/mol. The topological polar surface area (TPSA) is 126 Å². The van der Waals surface area contributed by atoms with Gasteiger partial charge in [0.2, 0.25) is 5.95 Å². The molecule has 1 aromatic heterocycles. The number of nitrogens with one attached hydrogen (secondary N) is 1. The zero-order chi connectivity index (χ0) is 29.1. The largest absolute Gasteiger partial charge is 0.508 e. The summed E-state index contributed by atoms with van der Waals surface area (Å²) in [4.78, 5) is 26.3. The van der Waals surface area contributed by atoms with Crippen LogP contribution in [-0.2, 0) is 0 Å². The number of aryl methyl sites for hydroxylation is 1. The Hall–Kier alpha value is -3.22. The van der Waals surface area contributed by atoms with Crippen LogP contribution in [0.25, 0.3) is 0 Å². The van der Waals surface area contributed by atoms with Gasteiger partial charge in [-0.25, -0.2) is 9.97 Å².